The topological polar surface area (TPSA) is 49.7 Å². The largest absolute Gasteiger partial charge is 0.481 e. The van der Waals surface area contributed by atoms with Crippen LogP contribution in [0.25, 0.3) is 0 Å². The summed E-state index contributed by atoms with van der Waals surface area (Å²) >= 11 is 0. The zero-order chi connectivity index (χ0) is 12.1. The molecule has 0 aromatic rings. The lowest BCUT2D eigenvalue weighted by Crippen LogP contribution is -1.89. The SMILES string of the molecule is C=COC=C.CCCCC(CC)=C(O)O. The van der Waals surface area contributed by atoms with Crippen LogP contribution >= 0.6 is 0 Å². The Hall–Kier alpha value is -1.38. The molecule has 0 aromatic carbocycles. The predicted molar refractivity (Wildman–Crippen MR) is 63.6 cm³/mol. The van der Waals surface area contributed by atoms with Gasteiger partial charge in [-0.15, -0.1) is 0 Å². The van der Waals surface area contributed by atoms with Crippen molar-refractivity contribution in [2.75, 3.05) is 0 Å². The van der Waals surface area contributed by atoms with Crippen molar-refractivity contribution in [3.8, 4) is 0 Å². The van der Waals surface area contributed by atoms with Gasteiger partial charge in [0.05, 0.1) is 12.5 Å². The summed E-state index contributed by atoms with van der Waals surface area (Å²) in [6, 6.07) is 0. The van der Waals surface area contributed by atoms with Crippen LogP contribution in [0, 0.1) is 0 Å². The van der Waals surface area contributed by atoms with Crippen molar-refractivity contribution in [3.63, 3.8) is 0 Å². The molecule has 0 aromatic heterocycles. The minimum absolute atomic E-state index is 0.476. The van der Waals surface area contributed by atoms with E-state index in [1.165, 1.54) is 12.5 Å². The van der Waals surface area contributed by atoms with Crippen LogP contribution in [0.3, 0.4) is 0 Å². The molecule has 0 radical (unpaired) electrons. The monoisotopic (exact) mass is 214 g/mol. The number of unbranched alkanes of at least 4 members (excludes halogenated alkanes) is 1. The van der Waals surface area contributed by atoms with Gasteiger partial charge in [0, 0.05) is 5.57 Å². The molecule has 2 N–H and O–H groups in total. The lowest BCUT2D eigenvalue weighted by Gasteiger charge is -2.01. The number of rotatable bonds is 6. The molecule has 0 spiro atoms. The van der Waals surface area contributed by atoms with Crippen molar-refractivity contribution >= 4 is 0 Å². The highest BCUT2D eigenvalue weighted by molar-refractivity contribution is 5.00. The van der Waals surface area contributed by atoms with E-state index >= 15 is 0 Å². The second-order valence-corrected chi connectivity index (χ2v) is 2.85. The molecular formula is C12H22O3. The highest BCUT2D eigenvalue weighted by atomic mass is 16.5. The van der Waals surface area contributed by atoms with Gasteiger partial charge in [0.25, 0.3) is 5.95 Å². The average Bonchev–Trinajstić information content (AvgIpc) is 2.20. The van der Waals surface area contributed by atoms with Crippen molar-refractivity contribution < 1.29 is 14.9 Å². The fraction of sp³-hybridized carbons (Fsp3) is 0.500. The molecule has 0 saturated carbocycles. The van der Waals surface area contributed by atoms with E-state index in [9.17, 15) is 0 Å². The first-order valence-electron chi connectivity index (χ1n) is 5.11. The summed E-state index contributed by atoms with van der Waals surface area (Å²) in [6.07, 6.45) is 6.31. The molecule has 0 saturated heterocycles. The minimum atomic E-state index is -0.476. The standard InChI is InChI=1S/C8H16O2.C4H6O/c1-3-5-6-7(4-2)8(9)10;1-3-5-4-2/h9-10H,3-6H2,1-2H3;3-4H,1-2H2. The molecule has 0 unspecified atom stereocenters. The quantitative estimate of drug-likeness (QED) is 0.651. The van der Waals surface area contributed by atoms with Crippen LogP contribution in [0.2, 0.25) is 0 Å². The van der Waals surface area contributed by atoms with Gasteiger partial charge in [-0.05, 0) is 19.3 Å². The Morgan fingerprint density at radius 2 is 1.73 bits per heavy atom. The molecule has 0 fully saturated rings. The van der Waals surface area contributed by atoms with Gasteiger partial charge >= 0.3 is 0 Å². The first-order valence-corrected chi connectivity index (χ1v) is 5.11. The van der Waals surface area contributed by atoms with Gasteiger partial charge in [0.1, 0.15) is 0 Å². The molecule has 0 bridgehead atoms. The molecular weight excluding hydrogens is 192 g/mol. The third-order valence-electron chi connectivity index (χ3n) is 1.77. The fourth-order valence-corrected chi connectivity index (χ4v) is 0.905. The third-order valence-corrected chi connectivity index (χ3v) is 1.77. The second kappa shape index (κ2) is 12.6. The van der Waals surface area contributed by atoms with Crippen LogP contribution in [0.1, 0.15) is 39.5 Å². The van der Waals surface area contributed by atoms with Crippen molar-refractivity contribution in [2.24, 2.45) is 0 Å². The normalized spacial score (nSPS) is 8.13. The Balaban J connectivity index is 0. The molecule has 0 heterocycles. The Morgan fingerprint density at radius 3 is 1.93 bits per heavy atom. The zero-order valence-electron chi connectivity index (χ0n) is 9.70. The molecule has 0 aliphatic heterocycles. The number of aliphatic hydroxyl groups excluding tert-OH is 1. The zero-order valence-corrected chi connectivity index (χ0v) is 9.70. The van der Waals surface area contributed by atoms with Crippen LogP contribution in [0.15, 0.2) is 37.2 Å². The van der Waals surface area contributed by atoms with Crippen LogP contribution in [-0.4, -0.2) is 10.2 Å². The molecule has 88 valence electrons. The fourth-order valence-electron chi connectivity index (χ4n) is 0.905. The molecule has 0 amide bonds. The predicted octanol–water partition coefficient (Wildman–Crippen LogP) is 4.20. The summed E-state index contributed by atoms with van der Waals surface area (Å²) < 4.78 is 4.36. The summed E-state index contributed by atoms with van der Waals surface area (Å²) in [7, 11) is 0. The number of hydrogen-bond donors (Lipinski definition) is 2. The maximum absolute atomic E-state index is 8.67. The summed E-state index contributed by atoms with van der Waals surface area (Å²) in [5.74, 6) is -0.476. The Morgan fingerprint density at radius 1 is 1.20 bits per heavy atom. The highest BCUT2D eigenvalue weighted by Crippen LogP contribution is 2.12. The van der Waals surface area contributed by atoms with E-state index in [-0.39, 0.29) is 0 Å². The lowest BCUT2D eigenvalue weighted by molar-refractivity contribution is 0.182. The van der Waals surface area contributed by atoms with Crippen LogP contribution in [0.5, 0.6) is 0 Å². The Kier molecular flexibility index (Phi) is 13.5. The molecule has 0 atom stereocenters. The van der Waals surface area contributed by atoms with Crippen LogP contribution < -0.4 is 0 Å². The Bertz CT molecular complexity index is 185. The van der Waals surface area contributed by atoms with E-state index < -0.39 is 5.95 Å². The number of allylic oxidation sites excluding steroid dienone is 1. The summed E-state index contributed by atoms with van der Waals surface area (Å²) in [6.45, 7) is 10.5. The van der Waals surface area contributed by atoms with E-state index in [1.54, 1.807) is 0 Å². The van der Waals surface area contributed by atoms with Gasteiger partial charge in [0.15, 0.2) is 0 Å². The van der Waals surface area contributed by atoms with Gasteiger partial charge in [-0.3, -0.25) is 0 Å². The molecule has 0 aliphatic carbocycles. The highest BCUT2D eigenvalue weighted by Gasteiger charge is 1.99. The average molecular weight is 214 g/mol. The number of ether oxygens (including phenoxy) is 1. The van der Waals surface area contributed by atoms with Crippen LogP contribution in [0.4, 0.5) is 0 Å². The maximum atomic E-state index is 8.67. The minimum Gasteiger partial charge on any atom is -0.481 e. The molecule has 3 heteroatoms. The lowest BCUT2D eigenvalue weighted by atomic mass is 10.1. The first-order chi connectivity index (χ1) is 7.13. The van der Waals surface area contributed by atoms with Crippen molar-refractivity contribution in [3.05, 3.63) is 37.2 Å². The van der Waals surface area contributed by atoms with Gasteiger partial charge < -0.3 is 14.9 Å². The van der Waals surface area contributed by atoms with E-state index in [0.717, 1.165) is 31.3 Å². The van der Waals surface area contributed by atoms with Crippen molar-refractivity contribution in [1.29, 1.82) is 0 Å². The summed E-state index contributed by atoms with van der Waals surface area (Å²) in [5, 5.41) is 17.3. The van der Waals surface area contributed by atoms with Crippen molar-refractivity contribution in [2.45, 2.75) is 39.5 Å². The summed E-state index contributed by atoms with van der Waals surface area (Å²) in [4.78, 5) is 0. The van der Waals surface area contributed by atoms with Crippen LogP contribution in [-0.2, 0) is 4.74 Å². The first kappa shape index (κ1) is 16.1. The van der Waals surface area contributed by atoms with Crippen molar-refractivity contribution in [1.82, 2.24) is 0 Å². The van der Waals surface area contributed by atoms with Gasteiger partial charge in [0.2, 0.25) is 0 Å². The van der Waals surface area contributed by atoms with Gasteiger partial charge in [-0.25, -0.2) is 0 Å². The smallest absolute Gasteiger partial charge is 0.273 e. The summed E-state index contributed by atoms with van der Waals surface area (Å²) in [5.41, 5.74) is 0.766. The van der Waals surface area contributed by atoms with E-state index in [1.807, 2.05) is 6.92 Å². The number of hydrogen-bond acceptors (Lipinski definition) is 3. The van der Waals surface area contributed by atoms with E-state index in [2.05, 4.69) is 24.8 Å². The maximum Gasteiger partial charge on any atom is 0.273 e. The molecule has 0 aliphatic rings. The molecule has 3 nitrogen and oxygen atoms in total. The Labute approximate surface area is 92.4 Å². The van der Waals surface area contributed by atoms with Gasteiger partial charge in [-0.2, -0.15) is 0 Å². The second-order valence-electron chi connectivity index (χ2n) is 2.85. The number of aliphatic hydroxyl groups is 2. The van der Waals surface area contributed by atoms with Gasteiger partial charge in [-0.1, -0.05) is 33.4 Å². The van der Waals surface area contributed by atoms with E-state index in [4.69, 9.17) is 10.2 Å². The third kappa shape index (κ3) is 12.6. The molecule has 0 rings (SSSR count). The molecule has 15 heavy (non-hydrogen) atoms. The van der Waals surface area contributed by atoms with E-state index in [0.29, 0.717) is 0 Å².